The number of hydrogen-bond acceptors (Lipinski definition) is 2. The minimum Gasteiger partial charge on any atom is -0.487 e. The van der Waals surface area contributed by atoms with E-state index < -0.39 is 0 Å². The fraction of sp³-hybridized carbons (Fsp3) is 0.600. The van der Waals surface area contributed by atoms with Crippen LogP contribution in [-0.4, -0.2) is 18.7 Å². The van der Waals surface area contributed by atoms with Crippen molar-refractivity contribution in [1.29, 1.82) is 0 Å². The first kappa shape index (κ1) is 16.2. The highest BCUT2D eigenvalue weighted by Crippen LogP contribution is 2.46. The summed E-state index contributed by atoms with van der Waals surface area (Å²) in [4.78, 5) is 0. The van der Waals surface area contributed by atoms with Gasteiger partial charge in [0.25, 0.3) is 0 Å². The van der Waals surface area contributed by atoms with Crippen LogP contribution in [0.3, 0.4) is 0 Å². The number of hydrogen-bond donors (Lipinski definition) is 1. The van der Waals surface area contributed by atoms with Crippen molar-refractivity contribution in [3.05, 3.63) is 27.2 Å². The summed E-state index contributed by atoms with van der Waals surface area (Å²) in [6.07, 6.45) is 2.20. The van der Waals surface area contributed by atoms with Crippen molar-refractivity contribution in [2.75, 3.05) is 6.54 Å². The Bertz CT molecular complexity index is 467. The molecule has 2 rings (SSSR count). The van der Waals surface area contributed by atoms with Gasteiger partial charge in [-0.2, -0.15) is 0 Å². The lowest BCUT2D eigenvalue weighted by molar-refractivity contribution is -0.0544. The molecule has 2 atom stereocenters. The van der Waals surface area contributed by atoms with E-state index in [4.69, 9.17) is 39.5 Å². The van der Waals surface area contributed by atoms with Crippen LogP contribution in [0.4, 0.5) is 0 Å². The molecule has 0 amide bonds. The van der Waals surface area contributed by atoms with E-state index in [1.807, 2.05) is 0 Å². The van der Waals surface area contributed by atoms with E-state index >= 15 is 0 Å². The first-order chi connectivity index (χ1) is 9.36. The van der Waals surface area contributed by atoms with Crippen LogP contribution >= 0.6 is 34.8 Å². The summed E-state index contributed by atoms with van der Waals surface area (Å²) >= 11 is 18.2. The first-order valence-electron chi connectivity index (χ1n) is 6.90. The maximum absolute atomic E-state index is 6.16. The molecule has 1 saturated carbocycles. The SMILES string of the molecule is CCCNC1CC(Oc2c(Cl)cc(Cl)cc2Cl)C1(C)C. The summed E-state index contributed by atoms with van der Waals surface area (Å²) < 4.78 is 6.03. The second kappa shape index (κ2) is 6.31. The maximum Gasteiger partial charge on any atom is 0.157 e. The highest BCUT2D eigenvalue weighted by Gasteiger charge is 2.49. The van der Waals surface area contributed by atoms with Crippen LogP contribution in [0, 0.1) is 5.41 Å². The van der Waals surface area contributed by atoms with Crippen molar-refractivity contribution >= 4 is 34.8 Å². The molecule has 0 bridgehead atoms. The molecule has 1 N–H and O–H groups in total. The highest BCUT2D eigenvalue weighted by molar-refractivity contribution is 6.40. The van der Waals surface area contributed by atoms with Gasteiger partial charge in [0.05, 0.1) is 10.0 Å². The third kappa shape index (κ3) is 3.19. The molecule has 0 heterocycles. The van der Waals surface area contributed by atoms with Crippen molar-refractivity contribution in [1.82, 2.24) is 5.32 Å². The van der Waals surface area contributed by atoms with Gasteiger partial charge in [0.15, 0.2) is 5.75 Å². The Hall–Kier alpha value is -0.150. The van der Waals surface area contributed by atoms with Gasteiger partial charge < -0.3 is 10.1 Å². The molecule has 0 radical (unpaired) electrons. The van der Waals surface area contributed by atoms with Crippen molar-refractivity contribution in [3.63, 3.8) is 0 Å². The van der Waals surface area contributed by atoms with Crippen LogP contribution in [0.15, 0.2) is 12.1 Å². The van der Waals surface area contributed by atoms with Crippen molar-refractivity contribution in [3.8, 4) is 5.75 Å². The molecule has 2 unspecified atom stereocenters. The van der Waals surface area contributed by atoms with Crippen LogP contribution < -0.4 is 10.1 Å². The van der Waals surface area contributed by atoms with Gasteiger partial charge in [-0.05, 0) is 25.1 Å². The largest absolute Gasteiger partial charge is 0.487 e. The average molecular weight is 337 g/mol. The van der Waals surface area contributed by atoms with Gasteiger partial charge in [0, 0.05) is 22.9 Å². The molecule has 2 nitrogen and oxygen atoms in total. The number of ether oxygens (including phenoxy) is 1. The van der Waals surface area contributed by atoms with E-state index in [0.29, 0.717) is 26.9 Å². The van der Waals surface area contributed by atoms with E-state index in [0.717, 1.165) is 19.4 Å². The van der Waals surface area contributed by atoms with Crippen molar-refractivity contribution in [2.24, 2.45) is 5.41 Å². The molecule has 0 aromatic heterocycles. The molecule has 1 aromatic rings. The summed E-state index contributed by atoms with van der Waals surface area (Å²) in [7, 11) is 0. The fourth-order valence-corrected chi connectivity index (χ4v) is 3.44. The minimum atomic E-state index is 0.0570. The maximum atomic E-state index is 6.16. The summed E-state index contributed by atoms with van der Waals surface area (Å²) in [5.41, 5.74) is 0.0570. The molecule has 0 aliphatic heterocycles. The molecule has 1 aromatic carbocycles. The summed E-state index contributed by atoms with van der Waals surface area (Å²) in [6.45, 7) is 7.60. The molecular formula is C15H20Cl3NO. The fourth-order valence-electron chi connectivity index (χ4n) is 2.53. The Balaban J connectivity index is 2.06. The van der Waals surface area contributed by atoms with Gasteiger partial charge in [0.2, 0.25) is 0 Å². The third-order valence-corrected chi connectivity index (χ3v) is 4.82. The van der Waals surface area contributed by atoms with Crippen LogP contribution in [0.5, 0.6) is 5.75 Å². The monoisotopic (exact) mass is 335 g/mol. The highest BCUT2D eigenvalue weighted by atomic mass is 35.5. The zero-order chi connectivity index (χ0) is 14.9. The van der Waals surface area contributed by atoms with Crippen LogP contribution in [0.25, 0.3) is 0 Å². The van der Waals surface area contributed by atoms with E-state index in [1.165, 1.54) is 0 Å². The van der Waals surface area contributed by atoms with Crippen molar-refractivity contribution < 1.29 is 4.74 Å². The lowest BCUT2D eigenvalue weighted by Gasteiger charge is -2.51. The number of nitrogens with one attached hydrogen (secondary N) is 1. The molecule has 112 valence electrons. The Labute approximate surface area is 135 Å². The second-order valence-electron chi connectivity index (χ2n) is 5.87. The third-order valence-electron chi connectivity index (χ3n) is 4.04. The molecule has 1 aliphatic carbocycles. The van der Waals surface area contributed by atoms with Gasteiger partial charge in [0.1, 0.15) is 6.10 Å². The normalized spacial score (nSPS) is 24.3. The van der Waals surface area contributed by atoms with Gasteiger partial charge in [-0.3, -0.25) is 0 Å². The Morgan fingerprint density at radius 3 is 2.35 bits per heavy atom. The molecular weight excluding hydrogens is 317 g/mol. The quantitative estimate of drug-likeness (QED) is 0.798. The number of halogens is 3. The molecule has 0 saturated heterocycles. The summed E-state index contributed by atoms with van der Waals surface area (Å²) in [5, 5.41) is 4.99. The van der Waals surface area contributed by atoms with E-state index in [2.05, 4.69) is 26.1 Å². The molecule has 20 heavy (non-hydrogen) atoms. The lowest BCUT2D eigenvalue weighted by atomic mass is 9.64. The minimum absolute atomic E-state index is 0.0570. The van der Waals surface area contributed by atoms with Gasteiger partial charge in [-0.1, -0.05) is 55.6 Å². The van der Waals surface area contributed by atoms with Crippen LogP contribution in [0.2, 0.25) is 15.1 Å². The van der Waals surface area contributed by atoms with Crippen LogP contribution in [0.1, 0.15) is 33.6 Å². The molecule has 5 heteroatoms. The Morgan fingerprint density at radius 2 is 1.85 bits per heavy atom. The first-order valence-corrected chi connectivity index (χ1v) is 8.04. The van der Waals surface area contributed by atoms with Crippen LogP contribution in [-0.2, 0) is 0 Å². The van der Waals surface area contributed by atoms with E-state index in [-0.39, 0.29) is 11.5 Å². The van der Waals surface area contributed by atoms with E-state index in [9.17, 15) is 0 Å². The van der Waals surface area contributed by atoms with Gasteiger partial charge >= 0.3 is 0 Å². The molecule has 1 fully saturated rings. The zero-order valence-corrected chi connectivity index (χ0v) is 14.2. The number of rotatable bonds is 5. The predicted molar refractivity (Wildman–Crippen MR) is 86.4 cm³/mol. The Morgan fingerprint density at radius 1 is 1.25 bits per heavy atom. The summed E-state index contributed by atoms with van der Waals surface area (Å²) in [5.74, 6) is 0.532. The molecule has 0 spiro atoms. The number of benzene rings is 1. The zero-order valence-electron chi connectivity index (χ0n) is 12.0. The topological polar surface area (TPSA) is 21.3 Å². The predicted octanol–water partition coefficient (Wildman–Crippen LogP) is 5.19. The standard InChI is InChI=1S/C15H20Cl3NO/c1-4-5-19-12-8-13(15(12,2)3)20-14-10(17)6-9(16)7-11(14)18/h6-7,12-13,19H,4-5,8H2,1-3H3. The van der Waals surface area contributed by atoms with Gasteiger partial charge in [-0.25, -0.2) is 0 Å². The van der Waals surface area contributed by atoms with E-state index in [1.54, 1.807) is 12.1 Å². The summed E-state index contributed by atoms with van der Waals surface area (Å²) in [6, 6.07) is 3.78. The average Bonchev–Trinajstić information content (AvgIpc) is 2.35. The lowest BCUT2D eigenvalue weighted by Crippen LogP contribution is -2.62. The van der Waals surface area contributed by atoms with Gasteiger partial charge in [-0.15, -0.1) is 0 Å². The van der Waals surface area contributed by atoms with Crippen molar-refractivity contribution in [2.45, 2.75) is 45.8 Å². The Kier molecular flexibility index (Phi) is 5.12. The smallest absolute Gasteiger partial charge is 0.157 e. The second-order valence-corrected chi connectivity index (χ2v) is 7.12. The molecule has 1 aliphatic rings.